The van der Waals surface area contributed by atoms with Crippen molar-refractivity contribution < 1.29 is 23.9 Å². The first-order valence-corrected chi connectivity index (χ1v) is 8.65. The van der Waals surface area contributed by atoms with Crippen LogP contribution in [0.25, 0.3) is 0 Å². The largest absolute Gasteiger partial charge is 0.497 e. The van der Waals surface area contributed by atoms with Crippen molar-refractivity contribution in [2.75, 3.05) is 26.1 Å². The Bertz CT molecular complexity index is 728. The Hall–Kier alpha value is -2.77. The highest BCUT2D eigenvalue weighted by atomic mass is 16.5. The summed E-state index contributed by atoms with van der Waals surface area (Å²) in [5.74, 6) is 0.246. The van der Waals surface area contributed by atoms with E-state index in [0.717, 1.165) is 24.2 Å². The summed E-state index contributed by atoms with van der Waals surface area (Å²) >= 11 is 0. The van der Waals surface area contributed by atoms with Crippen LogP contribution in [0.5, 0.6) is 11.5 Å². The van der Waals surface area contributed by atoms with Crippen molar-refractivity contribution in [3.8, 4) is 11.5 Å². The molecule has 2 aliphatic rings. The zero-order valence-corrected chi connectivity index (χ0v) is 15.0. The first-order valence-electron chi connectivity index (χ1n) is 8.65. The van der Waals surface area contributed by atoms with Gasteiger partial charge in [0.1, 0.15) is 23.6 Å². The van der Waals surface area contributed by atoms with Crippen LogP contribution in [0.2, 0.25) is 0 Å². The van der Waals surface area contributed by atoms with Gasteiger partial charge in [0.2, 0.25) is 5.91 Å². The van der Waals surface area contributed by atoms with E-state index < -0.39 is 17.5 Å². The molecule has 2 N–H and O–H groups in total. The van der Waals surface area contributed by atoms with Gasteiger partial charge in [-0.3, -0.25) is 14.5 Å². The van der Waals surface area contributed by atoms with Crippen molar-refractivity contribution in [2.45, 2.75) is 37.6 Å². The molecule has 1 aliphatic heterocycles. The molecule has 4 amide bonds. The summed E-state index contributed by atoms with van der Waals surface area (Å²) < 4.78 is 10.4. The maximum absolute atomic E-state index is 12.7. The van der Waals surface area contributed by atoms with Gasteiger partial charge in [0.25, 0.3) is 5.91 Å². The van der Waals surface area contributed by atoms with E-state index in [1.807, 2.05) is 0 Å². The third-order valence-electron chi connectivity index (χ3n) is 4.94. The molecular weight excluding hydrogens is 338 g/mol. The number of amides is 4. The number of benzene rings is 1. The first-order chi connectivity index (χ1) is 12.5. The number of hydrogen-bond acceptors (Lipinski definition) is 5. The van der Waals surface area contributed by atoms with E-state index in [2.05, 4.69) is 10.6 Å². The van der Waals surface area contributed by atoms with Crippen LogP contribution >= 0.6 is 0 Å². The van der Waals surface area contributed by atoms with E-state index in [4.69, 9.17) is 9.47 Å². The maximum atomic E-state index is 12.7. The van der Waals surface area contributed by atoms with E-state index in [1.54, 1.807) is 18.2 Å². The number of carbonyl (C=O) groups excluding carboxylic acids is 3. The van der Waals surface area contributed by atoms with Gasteiger partial charge in [-0.2, -0.15) is 0 Å². The molecule has 140 valence electrons. The Morgan fingerprint density at radius 2 is 1.92 bits per heavy atom. The van der Waals surface area contributed by atoms with Gasteiger partial charge < -0.3 is 20.1 Å². The normalized spacial score (nSPS) is 18.6. The van der Waals surface area contributed by atoms with Crippen LogP contribution < -0.4 is 20.1 Å². The summed E-state index contributed by atoms with van der Waals surface area (Å²) in [7, 11) is 3.01. The molecule has 0 bridgehead atoms. The van der Waals surface area contributed by atoms with Gasteiger partial charge in [-0.25, -0.2) is 4.79 Å². The lowest BCUT2D eigenvalue weighted by molar-refractivity contribution is -0.134. The van der Waals surface area contributed by atoms with Gasteiger partial charge in [0.05, 0.1) is 19.9 Å². The number of carbonyl (C=O) groups is 3. The third-order valence-corrected chi connectivity index (χ3v) is 4.94. The standard InChI is InChI=1S/C18H23N3O5/c1-25-12-6-7-13(14(10-12)26-2)19-15(22)11-21-16(23)18(20-17(21)24)8-4-3-5-9-18/h6-7,10H,3-5,8-9,11H2,1-2H3,(H,19,22)(H,20,24). The molecule has 8 heteroatoms. The summed E-state index contributed by atoms with van der Waals surface area (Å²) in [5.41, 5.74) is -0.384. The van der Waals surface area contributed by atoms with E-state index >= 15 is 0 Å². The molecule has 3 rings (SSSR count). The van der Waals surface area contributed by atoms with Gasteiger partial charge in [0.15, 0.2) is 0 Å². The summed E-state index contributed by atoms with van der Waals surface area (Å²) in [6.45, 7) is -0.332. The molecule has 1 saturated carbocycles. The Morgan fingerprint density at radius 1 is 1.19 bits per heavy atom. The molecule has 1 aromatic carbocycles. The number of nitrogens with one attached hydrogen (secondary N) is 2. The Labute approximate surface area is 151 Å². The number of imide groups is 1. The van der Waals surface area contributed by atoms with Crippen molar-refractivity contribution in [1.82, 2.24) is 10.2 Å². The molecule has 0 aromatic heterocycles. The van der Waals surface area contributed by atoms with Crippen molar-refractivity contribution in [3.63, 3.8) is 0 Å². The second-order valence-electron chi connectivity index (χ2n) is 6.58. The monoisotopic (exact) mass is 361 g/mol. The molecule has 26 heavy (non-hydrogen) atoms. The van der Waals surface area contributed by atoms with E-state index in [9.17, 15) is 14.4 Å². The minimum atomic E-state index is -0.826. The lowest BCUT2D eigenvalue weighted by Crippen LogP contribution is -2.48. The molecule has 0 atom stereocenters. The van der Waals surface area contributed by atoms with E-state index in [1.165, 1.54) is 14.2 Å². The predicted octanol–water partition coefficient (Wildman–Crippen LogP) is 1.90. The molecule has 0 unspecified atom stereocenters. The topological polar surface area (TPSA) is 97.0 Å². The molecule has 1 spiro atoms. The molecule has 1 saturated heterocycles. The molecule has 1 aliphatic carbocycles. The Balaban J connectivity index is 1.68. The average Bonchev–Trinajstić information content (AvgIpc) is 2.86. The van der Waals surface area contributed by atoms with E-state index in [0.29, 0.717) is 30.0 Å². The highest BCUT2D eigenvalue weighted by Crippen LogP contribution is 2.34. The van der Waals surface area contributed by atoms with Crippen molar-refractivity contribution >= 4 is 23.5 Å². The van der Waals surface area contributed by atoms with Crippen molar-refractivity contribution in [1.29, 1.82) is 0 Å². The smallest absolute Gasteiger partial charge is 0.325 e. The quantitative estimate of drug-likeness (QED) is 0.781. The second kappa shape index (κ2) is 7.23. The number of urea groups is 1. The zero-order chi connectivity index (χ0) is 18.7. The lowest BCUT2D eigenvalue weighted by atomic mass is 9.82. The van der Waals surface area contributed by atoms with Crippen LogP contribution in [0.1, 0.15) is 32.1 Å². The third kappa shape index (κ3) is 3.31. The number of anilines is 1. The van der Waals surface area contributed by atoms with E-state index in [-0.39, 0.29) is 12.5 Å². The molecule has 2 fully saturated rings. The number of nitrogens with zero attached hydrogens (tertiary/aromatic N) is 1. The predicted molar refractivity (Wildman–Crippen MR) is 94.2 cm³/mol. The fourth-order valence-electron chi connectivity index (χ4n) is 3.55. The average molecular weight is 361 g/mol. The zero-order valence-electron chi connectivity index (χ0n) is 15.0. The van der Waals surface area contributed by atoms with Crippen LogP contribution in [0.15, 0.2) is 18.2 Å². The summed E-state index contributed by atoms with van der Waals surface area (Å²) in [6, 6.07) is 4.46. The number of rotatable bonds is 5. The lowest BCUT2D eigenvalue weighted by Gasteiger charge is -2.30. The highest BCUT2D eigenvalue weighted by molar-refractivity contribution is 6.10. The van der Waals surface area contributed by atoms with Gasteiger partial charge in [-0.1, -0.05) is 19.3 Å². The Kier molecular flexibility index (Phi) is 5.01. The van der Waals surface area contributed by atoms with Crippen molar-refractivity contribution in [3.05, 3.63) is 18.2 Å². The summed E-state index contributed by atoms with van der Waals surface area (Å²) in [5, 5.41) is 5.47. The second-order valence-corrected chi connectivity index (χ2v) is 6.58. The minimum Gasteiger partial charge on any atom is -0.497 e. The number of hydrogen-bond donors (Lipinski definition) is 2. The van der Waals surface area contributed by atoms with Gasteiger partial charge in [-0.15, -0.1) is 0 Å². The summed E-state index contributed by atoms with van der Waals surface area (Å²) in [4.78, 5) is 38.3. The van der Waals surface area contributed by atoms with Gasteiger partial charge in [-0.05, 0) is 25.0 Å². The molecule has 8 nitrogen and oxygen atoms in total. The van der Waals surface area contributed by atoms with Crippen LogP contribution in [0.4, 0.5) is 10.5 Å². The van der Waals surface area contributed by atoms with Crippen LogP contribution in [0.3, 0.4) is 0 Å². The first kappa shape index (κ1) is 18.0. The number of ether oxygens (including phenoxy) is 2. The van der Waals surface area contributed by atoms with Gasteiger partial charge >= 0.3 is 6.03 Å². The fraction of sp³-hybridized carbons (Fsp3) is 0.500. The molecule has 1 heterocycles. The molecule has 0 radical (unpaired) electrons. The number of methoxy groups -OCH3 is 2. The Morgan fingerprint density at radius 3 is 2.58 bits per heavy atom. The SMILES string of the molecule is COc1ccc(NC(=O)CN2C(=O)NC3(CCCCC3)C2=O)c(OC)c1. The molecule has 1 aromatic rings. The fourth-order valence-corrected chi connectivity index (χ4v) is 3.55. The van der Waals surface area contributed by atoms with Crippen LogP contribution in [-0.2, 0) is 9.59 Å². The van der Waals surface area contributed by atoms with Crippen LogP contribution in [-0.4, -0.2) is 49.0 Å². The van der Waals surface area contributed by atoms with Crippen molar-refractivity contribution in [2.24, 2.45) is 0 Å². The highest BCUT2D eigenvalue weighted by Gasteiger charge is 2.51. The maximum Gasteiger partial charge on any atom is 0.325 e. The molecular formula is C18H23N3O5. The minimum absolute atomic E-state index is 0.306. The summed E-state index contributed by atoms with van der Waals surface area (Å²) in [6.07, 6.45) is 4.11. The van der Waals surface area contributed by atoms with Crippen LogP contribution in [0, 0.1) is 0 Å². The van der Waals surface area contributed by atoms with Gasteiger partial charge in [0, 0.05) is 6.07 Å².